The van der Waals surface area contributed by atoms with Gasteiger partial charge in [0.25, 0.3) is 5.91 Å². The normalized spacial score (nSPS) is 9.93. The van der Waals surface area contributed by atoms with Crippen LogP contribution in [0.2, 0.25) is 5.02 Å². The van der Waals surface area contributed by atoms with Gasteiger partial charge in [0.2, 0.25) is 0 Å². The van der Waals surface area contributed by atoms with E-state index in [-0.39, 0.29) is 5.91 Å². The minimum Gasteiger partial charge on any atom is -0.472 e. The smallest absolute Gasteiger partial charge is 0.260 e. The molecule has 2 rings (SSSR count). The summed E-state index contributed by atoms with van der Waals surface area (Å²) in [6, 6.07) is 4.77. The summed E-state index contributed by atoms with van der Waals surface area (Å²) in [7, 11) is 0. The van der Waals surface area contributed by atoms with Crippen LogP contribution in [0.25, 0.3) is 0 Å². The van der Waals surface area contributed by atoms with E-state index in [9.17, 15) is 4.79 Å². The number of furan rings is 1. The topological polar surface area (TPSA) is 55.1 Å². The molecule has 0 radical (unpaired) electrons. The molecular weight excluding hydrogens is 216 g/mol. The molecule has 0 bridgehead atoms. The largest absolute Gasteiger partial charge is 0.472 e. The van der Waals surface area contributed by atoms with Gasteiger partial charge >= 0.3 is 0 Å². The molecule has 5 heteroatoms. The molecule has 1 amide bonds. The lowest BCUT2D eigenvalue weighted by atomic mass is 10.3. The van der Waals surface area contributed by atoms with Crippen LogP contribution < -0.4 is 5.32 Å². The average Bonchev–Trinajstić information content (AvgIpc) is 2.70. The van der Waals surface area contributed by atoms with Crippen molar-refractivity contribution in [2.45, 2.75) is 0 Å². The van der Waals surface area contributed by atoms with Crippen molar-refractivity contribution in [1.29, 1.82) is 0 Å². The van der Waals surface area contributed by atoms with E-state index in [0.29, 0.717) is 16.4 Å². The molecule has 15 heavy (non-hydrogen) atoms. The zero-order chi connectivity index (χ0) is 10.7. The second-order valence-electron chi connectivity index (χ2n) is 2.83. The molecule has 0 aliphatic rings. The van der Waals surface area contributed by atoms with Gasteiger partial charge in [-0.15, -0.1) is 0 Å². The third-order valence-electron chi connectivity index (χ3n) is 1.75. The van der Waals surface area contributed by atoms with Crippen molar-refractivity contribution in [2.75, 3.05) is 5.32 Å². The maximum absolute atomic E-state index is 11.5. The predicted octanol–water partition coefficient (Wildman–Crippen LogP) is 2.58. The van der Waals surface area contributed by atoms with E-state index in [1.165, 1.54) is 18.7 Å². The minimum atomic E-state index is -0.279. The van der Waals surface area contributed by atoms with E-state index in [4.69, 9.17) is 16.0 Å². The van der Waals surface area contributed by atoms with Gasteiger partial charge in [-0.1, -0.05) is 11.6 Å². The molecule has 0 aliphatic carbocycles. The quantitative estimate of drug-likeness (QED) is 0.850. The van der Waals surface area contributed by atoms with Gasteiger partial charge in [0, 0.05) is 11.2 Å². The van der Waals surface area contributed by atoms with Crippen LogP contribution in [0.3, 0.4) is 0 Å². The third kappa shape index (κ3) is 2.35. The summed E-state index contributed by atoms with van der Waals surface area (Å²) in [5.74, 6) is 0.132. The Morgan fingerprint density at radius 2 is 2.33 bits per heavy atom. The van der Waals surface area contributed by atoms with Crippen molar-refractivity contribution in [3.05, 3.63) is 47.5 Å². The number of nitrogens with one attached hydrogen (secondary N) is 1. The van der Waals surface area contributed by atoms with Crippen LogP contribution in [-0.2, 0) is 0 Å². The molecule has 0 spiro atoms. The summed E-state index contributed by atoms with van der Waals surface area (Å²) in [6.45, 7) is 0. The van der Waals surface area contributed by atoms with Crippen molar-refractivity contribution >= 4 is 23.3 Å². The van der Waals surface area contributed by atoms with Crippen molar-refractivity contribution in [3.8, 4) is 0 Å². The highest BCUT2D eigenvalue weighted by atomic mass is 35.5. The maximum atomic E-state index is 11.5. The van der Waals surface area contributed by atoms with E-state index in [2.05, 4.69) is 10.3 Å². The fourth-order valence-electron chi connectivity index (χ4n) is 1.06. The maximum Gasteiger partial charge on any atom is 0.260 e. The number of rotatable bonds is 2. The molecule has 2 heterocycles. The van der Waals surface area contributed by atoms with Gasteiger partial charge in [-0.3, -0.25) is 4.79 Å². The van der Waals surface area contributed by atoms with Gasteiger partial charge in [0.1, 0.15) is 12.1 Å². The average molecular weight is 223 g/mol. The monoisotopic (exact) mass is 222 g/mol. The van der Waals surface area contributed by atoms with Gasteiger partial charge in [0.15, 0.2) is 0 Å². The molecule has 2 aromatic heterocycles. The number of carbonyl (C=O) groups is 1. The summed E-state index contributed by atoms with van der Waals surface area (Å²) in [4.78, 5) is 15.5. The van der Waals surface area contributed by atoms with E-state index in [0.717, 1.165) is 0 Å². The highest BCUT2D eigenvalue weighted by Crippen LogP contribution is 2.12. The first-order valence-corrected chi connectivity index (χ1v) is 4.58. The molecule has 0 saturated heterocycles. The molecule has 76 valence electrons. The van der Waals surface area contributed by atoms with Gasteiger partial charge in [0.05, 0.1) is 11.8 Å². The summed E-state index contributed by atoms with van der Waals surface area (Å²) >= 11 is 5.74. The van der Waals surface area contributed by atoms with Crippen molar-refractivity contribution in [2.24, 2.45) is 0 Å². The molecule has 4 nitrogen and oxygen atoms in total. The Morgan fingerprint density at radius 1 is 1.47 bits per heavy atom. The number of aromatic nitrogens is 1. The third-order valence-corrected chi connectivity index (χ3v) is 1.98. The number of anilines is 1. The van der Waals surface area contributed by atoms with Gasteiger partial charge in [-0.2, -0.15) is 0 Å². The molecule has 0 unspecified atom stereocenters. The Hall–Kier alpha value is -1.81. The van der Waals surface area contributed by atoms with Crippen molar-refractivity contribution < 1.29 is 9.21 Å². The SMILES string of the molecule is O=C(Nc1cc(Cl)ccn1)c1ccoc1. The lowest BCUT2D eigenvalue weighted by Crippen LogP contribution is -2.11. The fourth-order valence-corrected chi connectivity index (χ4v) is 1.21. The first kappa shape index (κ1) is 9.73. The lowest BCUT2D eigenvalue weighted by molar-refractivity contribution is 0.102. The van der Waals surface area contributed by atoms with Crippen molar-refractivity contribution in [3.63, 3.8) is 0 Å². The summed E-state index contributed by atoms with van der Waals surface area (Å²) in [5, 5.41) is 3.11. The molecule has 0 fully saturated rings. The predicted molar refractivity (Wildman–Crippen MR) is 55.9 cm³/mol. The first-order chi connectivity index (χ1) is 7.25. The Morgan fingerprint density at radius 3 is 3.00 bits per heavy atom. The van der Waals surface area contributed by atoms with E-state index >= 15 is 0 Å². The number of halogens is 1. The Labute approximate surface area is 90.9 Å². The second-order valence-corrected chi connectivity index (χ2v) is 3.26. The molecule has 0 aliphatic heterocycles. The number of carbonyl (C=O) groups excluding carboxylic acids is 1. The number of pyridine rings is 1. The Kier molecular flexibility index (Phi) is 2.69. The Balaban J connectivity index is 2.13. The first-order valence-electron chi connectivity index (χ1n) is 4.21. The molecule has 0 saturated carbocycles. The molecule has 1 N–H and O–H groups in total. The highest BCUT2D eigenvalue weighted by Gasteiger charge is 2.07. The highest BCUT2D eigenvalue weighted by molar-refractivity contribution is 6.30. The molecular formula is C10H7ClN2O2. The molecule has 0 aromatic carbocycles. The molecule has 2 aromatic rings. The summed E-state index contributed by atoms with van der Waals surface area (Å²) in [6.07, 6.45) is 4.31. The zero-order valence-electron chi connectivity index (χ0n) is 7.61. The number of amides is 1. The second kappa shape index (κ2) is 4.14. The van der Waals surface area contributed by atoms with Gasteiger partial charge < -0.3 is 9.73 Å². The van der Waals surface area contributed by atoms with E-state index < -0.39 is 0 Å². The van der Waals surface area contributed by atoms with Gasteiger partial charge in [-0.25, -0.2) is 4.98 Å². The van der Waals surface area contributed by atoms with E-state index in [1.807, 2.05) is 0 Å². The number of hydrogen-bond acceptors (Lipinski definition) is 3. The number of nitrogens with zero attached hydrogens (tertiary/aromatic N) is 1. The minimum absolute atomic E-state index is 0.279. The zero-order valence-corrected chi connectivity index (χ0v) is 8.36. The Bertz CT molecular complexity index is 468. The van der Waals surface area contributed by atoms with Crippen LogP contribution in [0, 0.1) is 0 Å². The summed E-state index contributed by atoms with van der Waals surface area (Å²) in [5.41, 5.74) is 0.441. The van der Waals surface area contributed by atoms with E-state index in [1.54, 1.807) is 18.2 Å². The molecule has 0 atom stereocenters. The van der Waals surface area contributed by atoms with Crippen LogP contribution in [0.1, 0.15) is 10.4 Å². The van der Waals surface area contributed by atoms with Crippen LogP contribution in [-0.4, -0.2) is 10.9 Å². The summed E-state index contributed by atoms with van der Waals surface area (Å²) < 4.78 is 4.79. The fraction of sp³-hybridized carbons (Fsp3) is 0. The van der Waals surface area contributed by atoms with Gasteiger partial charge in [-0.05, 0) is 18.2 Å². The van der Waals surface area contributed by atoms with Crippen LogP contribution >= 0.6 is 11.6 Å². The van der Waals surface area contributed by atoms with Crippen molar-refractivity contribution in [1.82, 2.24) is 4.98 Å². The van der Waals surface area contributed by atoms with Crippen LogP contribution in [0.4, 0.5) is 5.82 Å². The standard InChI is InChI=1S/C10H7ClN2O2/c11-8-1-3-12-9(5-8)13-10(14)7-2-4-15-6-7/h1-6H,(H,12,13,14). The number of hydrogen-bond donors (Lipinski definition) is 1. The van der Waals surface area contributed by atoms with Crippen LogP contribution in [0.5, 0.6) is 0 Å². The lowest BCUT2D eigenvalue weighted by Gasteiger charge is -2.01. The van der Waals surface area contributed by atoms with Crippen LogP contribution in [0.15, 0.2) is 41.3 Å².